The third-order valence-corrected chi connectivity index (χ3v) is 2.93. The Kier molecular flexibility index (Phi) is 6.56. The molecule has 0 aliphatic rings. The molecule has 0 saturated carbocycles. The zero-order valence-electron chi connectivity index (χ0n) is 13.3. The van der Waals surface area contributed by atoms with E-state index in [4.69, 9.17) is 9.47 Å². The van der Waals surface area contributed by atoms with Crippen LogP contribution in [0.25, 0.3) is 0 Å². The Morgan fingerprint density at radius 1 is 1.18 bits per heavy atom. The van der Waals surface area contributed by atoms with Crippen molar-refractivity contribution in [2.45, 2.75) is 20.8 Å². The van der Waals surface area contributed by atoms with Crippen molar-refractivity contribution in [1.29, 1.82) is 0 Å². The molecule has 1 aromatic carbocycles. The smallest absolute Gasteiger partial charge is 0.228 e. The number of hydrogen-bond donors (Lipinski definition) is 1. The van der Waals surface area contributed by atoms with Crippen LogP contribution in [-0.4, -0.2) is 37.7 Å². The van der Waals surface area contributed by atoms with Crippen LogP contribution in [0.4, 0.5) is 0 Å². The summed E-state index contributed by atoms with van der Waals surface area (Å²) in [6.45, 7) is 5.39. The van der Waals surface area contributed by atoms with Crippen molar-refractivity contribution in [3.63, 3.8) is 0 Å². The number of carbonyl (C=O) groups excluding carboxylic acids is 3. The van der Waals surface area contributed by atoms with Gasteiger partial charge < -0.3 is 14.8 Å². The number of hydrogen-bond acceptors (Lipinski definition) is 5. The fraction of sp³-hybridized carbons (Fsp3) is 0.438. The fourth-order valence-corrected chi connectivity index (χ4v) is 1.67. The van der Waals surface area contributed by atoms with Gasteiger partial charge >= 0.3 is 0 Å². The maximum atomic E-state index is 11.7. The highest BCUT2D eigenvalue weighted by Gasteiger charge is 2.15. The van der Waals surface area contributed by atoms with E-state index in [9.17, 15) is 14.4 Å². The molecule has 0 bridgehead atoms. The van der Waals surface area contributed by atoms with Crippen LogP contribution in [0.15, 0.2) is 18.2 Å². The quantitative estimate of drug-likeness (QED) is 0.448. The second-order valence-corrected chi connectivity index (χ2v) is 5.05. The van der Waals surface area contributed by atoms with Crippen LogP contribution in [0.2, 0.25) is 0 Å². The Bertz CT molecular complexity index is 566. The zero-order chi connectivity index (χ0) is 16.7. The van der Waals surface area contributed by atoms with Gasteiger partial charge in [-0.1, -0.05) is 13.8 Å². The van der Waals surface area contributed by atoms with E-state index >= 15 is 0 Å². The first-order valence-corrected chi connectivity index (χ1v) is 7.00. The van der Waals surface area contributed by atoms with Crippen molar-refractivity contribution < 1.29 is 23.9 Å². The molecule has 0 aromatic heterocycles. The second-order valence-electron chi connectivity index (χ2n) is 5.05. The molecule has 0 heterocycles. The lowest BCUT2D eigenvalue weighted by Crippen LogP contribution is -2.31. The van der Waals surface area contributed by atoms with E-state index in [1.54, 1.807) is 19.9 Å². The molecular formula is C16H21NO5. The minimum Gasteiger partial charge on any atom is -0.493 e. The molecule has 0 radical (unpaired) electrons. The monoisotopic (exact) mass is 307 g/mol. The summed E-state index contributed by atoms with van der Waals surface area (Å²) in [5.41, 5.74) is 0.245. The molecule has 0 saturated heterocycles. The summed E-state index contributed by atoms with van der Waals surface area (Å²) in [5.74, 6) is -0.466. The topological polar surface area (TPSA) is 81.7 Å². The number of nitrogens with one attached hydrogen (secondary N) is 1. The van der Waals surface area contributed by atoms with Gasteiger partial charge in [0.2, 0.25) is 11.7 Å². The first-order valence-electron chi connectivity index (χ1n) is 7.00. The third kappa shape index (κ3) is 4.87. The summed E-state index contributed by atoms with van der Waals surface area (Å²) < 4.78 is 10.7. The normalized spacial score (nSPS) is 10.2. The molecule has 6 nitrogen and oxygen atoms in total. The highest BCUT2D eigenvalue weighted by molar-refractivity contribution is 6.42. The lowest BCUT2D eigenvalue weighted by atomic mass is 10.1. The molecule has 0 unspecified atom stereocenters. The van der Waals surface area contributed by atoms with Crippen LogP contribution >= 0.6 is 0 Å². The molecule has 120 valence electrons. The van der Waals surface area contributed by atoms with Gasteiger partial charge in [0.05, 0.1) is 13.7 Å². The Labute approximate surface area is 129 Å². The summed E-state index contributed by atoms with van der Waals surface area (Å²) >= 11 is 0. The van der Waals surface area contributed by atoms with E-state index in [1.165, 1.54) is 26.2 Å². The van der Waals surface area contributed by atoms with E-state index in [2.05, 4.69) is 5.32 Å². The zero-order valence-corrected chi connectivity index (χ0v) is 13.3. The van der Waals surface area contributed by atoms with Crippen LogP contribution in [-0.2, 0) is 9.59 Å². The molecule has 0 spiro atoms. The van der Waals surface area contributed by atoms with Crippen molar-refractivity contribution >= 4 is 17.5 Å². The van der Waals surface area contributed by atoms with E-state index < -0.39 is 11.6 Å². The molecule has 6 heteroatoms. The van der Waals surface area contributed by atoms with Crippen LogP contribution in [0.3, 0.4) is 0 Å². The first kappa shape index (κ1) is 17.7. The SMILES string of the molecule is COc1ccc(C(=O)C(C)=O)cc1OCCNC(=O)C(C)C. The van der Waals surface area contributed by atoms with Gasteiger partial charge in [0.25, 0.3) is 0 Å². The van der Waals surface area contributed by atoms with Crippen LogP contribution in [0.1, 0.15) is 31.1 Å². The standard InChI is InChI=1S/C16H21NO5/c1-10(2)16(20)17-7-8-22-14-9-12(15(19)11(3)18)5-6-13(14)21-4/h5-6,9-10H,7-8H2,1-4H3,(H,17,20). The van der Waals surface area contributed by atoms with Gasteiger partial charge in [-0.2, -0.15) is 0 Å². The Morgan fingerprint density at radius 3 is 2.41 bits per heavy atom. The molecular weight excluding hydrogens is 286 g/mol. The maximum absolute atomic E-state index is 11.7. The van der Waals surface area contributed by atoms with Gasteiger partial charge in [-0.25, -0.2) is 0 Å². The summed E-state index contributed by atoms with van der Waals surface area (Å²) in [6.07, 6.45) is 0. The van der Waals surface area contributed by atoms with Gasteiger partial charge in [-0.15, -0.1) is 0 Å². The number of rotatable bonds is 8. The largest absolute Gasteiger partial charge is 0.493 e. The molecule has 0 aliphatic carbocycles. The summed E-state index contributed by atoms with van der Waals surface area (Å²) in [4.78, 5) is 34.2. The van der Waals surface area contributed by atoms with Gasteiger partial charge in [0, 0.05) is 18.4 Å². The average molecular weight is 307 g/mol. The highest BCUT2D eigenvalue weighted by atomic mass is 16.5. The van der Waals surface area contributed by atoms with Crippen molar-refractivity contribution in [3.05, 3.63) is 23.8 Å². The fourth-order valence-electron chi connectivity index (χ4n) is 1.67. The lowest BCUT2D eigenvalue weighted by Gasteiger charge is -2.13. The number of methoxy groups -OCH3 is 1. The van der Waals surface area contributed by atoms with Gasteiger partial charge in [-0.3, -0.25) is 14.4 Å². The highest BCUT2D eigenvalue weighted by Crippen LogP contribution is 2.28. The van der Waals surface area contributed by atoms with E-state index in [1.807, 2.05) is 0 Å². The van der Waals surface area contributed by atoms with Gasteiger partial charge in [0.1, 0.15) is 6.61 Å². The van der Waals surface area contributed by atoms with Crippen molar-refractivity contribution in [3.8, 4) is 11.5 Å². The van der Waals surface area contributed by atoms with Crippen LogP contribution < -0.4 is 14.8 Å². The van der Waals surface area contributed by atoms with Gasteiger partial charge in [0.15, 0.2) is 17.3 Å². The Morgan fingerprint density at radius 2 is 1.86 bits per heavy atom. The maximum Gasteiger partial charge on any atom is 0.228 e. The molecule has 0 atom stereocenters. The predicted octanol–water partition coefficient (Wildman–Crippen LogP) is 1.62. The number of ether oxygens (including phenoxy) is 2. The minimum atomic E-state index is -0.583. The van der Waals surface area contributed by atoms with Crippen molar-refractivity contribution in [1.82, 2.24) is 5.32 Å². The van der Waals surface area contributed by atoms with Crippen LogP contribution in [0.5, 0.6) is 11.5 Å². The molecule has 1 amide bonds. The molecule has 1 rings (SSSR count). The number of benzene rings is 1. The number of carbonyl (C=O) groups is 3. The molecule has 0 aliphatic heterocycles. The lowest BCUT2D eigenvalue weighted by molar-refractivity contribution is -0.124. The number of Topliss-reactive ketones (excluding diaryl/α,β-unsaturated/α-hetero) is 2. The molecule has 1 aromatic rings. The summed E-state index contributed by atoms with van der Waals surface area (Å²) in [5, 5.41) is 2.72. The average Bonchev–Trinajstić information content (AvgIpc) is 2.49. The van der Waals surface area contributed by atoms with Crippen molar-refractivity contribution in [2.24, 2.45) is 5.92 Å². The molecule has 1 N–H and O–H groups in total. The first-order chi connectivity index (χ1) is 10.4. The molecule has 0 fully saturated rings. The summed E-state index contributed by atoms with van der Waals surface area (Å²) in [7, 11) is 1.48. The molecule has 22 heavy (non-hydrogen) atoms. The Balaban J connectivity index is 2.71. The van der Waals surface area contributed by atoms with Crippen molar-refractivity contribution in [2.75, 3.05) is 20.3 Å². The number of ketones is 2. The third-order valence-electron chi connectivity index (χ3n) is 2.93. The second kappa shape index (κ2) is 8.17. The number of amides is 1. The van der Waals surface area contributed by atoms with E-state index in [-0.39, 0.29) is 24.0 Å². The van der Waals surface area contributed by atoms with E-state index in [0.717, 1.165) is 0 Å². The van der Waals surface area contributed by atoms with Crippen LogP contribution in [0, 0.1) is 5.92 Å². The van der Waals surface area contributed by atoms with Gasteiger partial charge in [-0.05, 0) is 18.2 Å². The summed E-state index contributed by atoms with van der Waals surface area (Å²) in [6, 6.07) is 4.54. The predicted molar refractivity (Wildman–Crippen MR) is 81.3 cm³/mol. The minimum absolute atomic E-state index is 0.0592. The van der Waals surface area contributed by atoms with E-state index in [0.29, 0.717) is 18.0 Å². The Hall–Kier alpha value is -2.37.